The van der Waals surface area contributed by atoms with E-state index in [0.717, 1.165) is 32.0 Å². The Bertz CT molecular complexity index is 366. The lowest BCUT2D eigenvalue weighted by atomic mass is 10.3. The first kappa shape index (κ1) is 11.5. The Morgan fingerprint density at radius 3 is 2.62 bits per heavy atom. The van der Waals surface area contributed by atoms with E-state index in [1.165, 1.54) is 6.20 Å². The number of aromatic nitrogens is 1. The molecule has 0 aromatic carbocycles. The van der Waals surface area contributed by atoms with Crippen LogP contribution >= 0.6 is 11.9 Å². The van der Waals surface area contributed by atoms with Crippen molar-refractivity contribution in [2.45, 2.75) is 0 Å². The monoisotopic (exact) mass is 242 g/mol. The molecule has 0 spiro atoms. The van der Waals surface area contributed by atoms with Gasteiger partial charge in [0.05, 0.1) is 11.9 Å². The molecule has 1 saturated heterocycles. The number of halogens is 1. The summed E-state index contributed by atoms with van der Waals surface area (Å²) in [7, 11) is 0. The first-order valence-corrected chi connectivity index (χ1v) is 6.34. The molecule has 0 bridgehead atoms. The average molecular weight is 242 g/mol. The molecule has 1 fully saturated rings. The van der Waals surface area contributed by atoms with Crippen molar-refractivity contribution in [3.05, 3.63) is 18.1 Å². The summed E-state index contributed by atoms with van der Waals surface area (Å²) in [5.41, 5.74) is 5.69. The van der Waals surface area contributed by atoms with Crippen molar-refractivity contribution < 1.29 is 4.39 Å². The topological polar surface area (TPSA) is 45.4 Å². The minimum absolute atomic E-state index is 0.164. The van der Waals surface area contributed by atoms with Crippen LogP contribution in [0.3, 0.4) is 0 Å². The second kappa shape index (κ2) is 4.88. The standard InChI is InChI=1S/C10H15FN4S/c1-16-15-4-2-14(3-5-15)10-6-9(12)8(11)7-13-10/h6-7H,2-5H2,1H3,(H2,12,13). The molecule has 2 heterocycles. The van der Waals surface area contributed by atoms with Crippen molar-refractivity contribution in [2.24, 2.45) is 0 Å². The van der Waals surface area contributed by atoms with Crippen molar-refractivity contribution in [2.75, 3.05) is 43.1 Å². The van der Waals surface area contributed by atoms with Gasteiger partial charge in [-0.15, -0.1) is 0 Å². The van der Waals surface area contributed by atoms with Gasteiger partial charge in [-0.3, -0.25) is 0 Å². The SMILES string of the molecule is CSN1CCN(c2cc(N)c(F)cn2)CC1. The van der Waals surface area contributed by atoms with E-state index in [9.17, 15) is 4.39 Å². The van der Waals surface area contributed by atoms with Gasteiger partial charge in [0.25, 0.3) is 0 Å². The number of anilines is 2. The minimum atomic E-state index is -0.452. The first-order chi connectivity index (χ1) is 7.70. The van der Waals surface area contributed by atoms with E-state index in [4.69, 9.17) is 5.73 Å². The van der Waals surface area contributed by atoms with Crippen LogP contribution in [-0.4, -0.2) is 41.7 Å². The number of hydrogen-bond acceptors (Lipinski definition) is 5. The molecule has 2 N–H and O–H groups in total. The highest BCUT2D eigenvalue weighted by atomic mass is 32.2. The smallest absolute Gasteiger partial charge is 0.164 e. The highest BCUT2D eigenvalue weighted by Gasteiger charge is 2.17. The molecule has 0 saturated carbocycles. The molecule has 1 aliphatic rings. The highest BCUT2D eigenvalue weighted by Crippen LogP contribution is 2.19. The van der Waals surface area contributed by atoms with Crippen LogP contribution in [0, 0.1) is 5.82 Å². The van der Waals surface area contributed by atoms with Crippen molar-refractivity contribution >= 4 is 23.5 Å². The fraction of sp³-hybridized carbons (Fsp3) is 0.500. The first-order valence-electron chi connectivity index (χ1n) is 5.15. The quantitative estimate of drug-likeness (QED) is 0.790. The summed E-state index contributed by atoms with van der Waals surface area (Å²) in [5, 5.41) is 0. The number of nitrogens with zero attached hydrogens (tertiary/aromatic N) is 3. The zero-order valence-electron chi connectivity index (χ0n) is 9.19. The van der Waals surface area contributed by atoms with Crippen LogP contribution < -0.4 is 10.6 Å². The molecular formula is C10H15FN4S. The van der Waals surface area contributed by atoms with Gasteiger partial charge in [0.2, 0.25) is 0 Å². The van der Waals surface area contributed by atoms with Gasteiger partial charge in [-0.2, -0.15) is 0 Å². The normalized spacial score (nSPS) is 17.8. The molecule has 1 aromatic heterocycles. The van der Waals surface area contributed by atoms with Crippen molar-refractivity contribution in [1.29, 1.82) is 0 Å². The molecule has 1 aromatic rings. The Morgan fingerprint density at radius 1 is 1.38 bits per heavy atom. The molecule has 0 aliphatic carbocycles. The largest absolute Gasteiger partial charge is 0.396 e. The van der Waals surface area contributed by atoms with Gasteiger partial charge in [0, 0.05) is 32.2 Å². The predicted molar refractivity (Wildman–Crippen MR) is 65.9 cm³/mol. The van der Waals surface area contributed by atoms with Crippen LogP contribution in [0.4, 0.5) is 15.9 Å². The van der Waals surface area contributed by atoms with Gasteiger partial charge in [0.15, 0.2) is 5.82 Å². The summed E-state index contributed by atoms with van der Waals surface area (Å²) < 4.78 is 15.3. The summed E-state index contributed by atoms with van der Waals surface area (Å²) >= 11 is 1.75. The Kier molecular flexibility index (Phi) is 3.50. The number of rotatable bonds is 2. The third-order valence-electron chi connectivity index (χ3n) is 2.69. The molecular weight excluding hydrogens is 227 g/mol. The van der Waals surface area contributed by atoms with Gasteiger partial charge in [-0.05, 0) is 6.26 Å². The molecule has 0 atom stereocenters. The number of hydrogen-bond donors (Lipinski definition) is 1. The fourth-order valence-electron chi connectivity index (χ4n) is 1.72. The average Bonchev–Trinajstić information content (AvgIpc) is 2.33. The second-order valence-corrected chi connectivity index (χ2v) is 4.54. The lowest BCUT2D eigenvalue weighted by Crippen LogP contribution is -2.43. The van der Waals surface area contributed by atoms with E-state index in [1.807, 2.05) is 0 Å². The maximum absolute atomic E-state index is 13.0. The number of piperazine rings is 1. The zero-order valence-corrected chi connectivity index (χ0v) is 10.0. The summed E-state index contributed by atoms with van der Waals surface area (Å²) in [4.78, 5) is 6.19. The third kappa shape index (κ3) is 2.38. The zero-order chi connectivity index (χ0) is 11.5. The number of pyridine rings is 1. The maximum Gasteiger partial charge on any atom is 0.164 e. The summed E-state index contributed by atoms with van der Waals surface area (Å²) in [5.74, 6) is 0.311. The lowest BCUT2D eigenvalue weighted by Gasteiger charge is -2.34. The molecule has 2 rings (SSSR count). The van der Waals surface area contributed by atoms with Crippen LogP contribution in [-0.2, 0) is 0 Å². The van der Waals surface area contributed by atoms with E-state index in [0.29, 0.717) is 0 Å². The Hall–Kier alpha value is -1.01. The lowest BCUT2D eigenvalue weighted by molar-refractivity contribution is 0.429. The molecule has 0 unspecified atom stereocenters. The Labute approximate surface area is 98.8 Å². The predicted octanol–water partition coefficient (Wildman–Crippen LogP) is 1.20. The van der Waals surface area contributed by atoms with Crippen LogP contribution in [0.25, 0.3) is 0 Å². The van der Waals surface area contributed by atoms with Crippen LogP contribution in [0.15, 0.2) is 12.3 Å². The Balaban J connectivity index is 2.05. The fourth-order valence-corrected chi connectivity index (χ4v) is 2.24. The van der Waals surface area contributed by atoms with Crippen LogP contribution in [0.1, 0.15) is 0 Å². The van der Waals surface area contributed by atoms with E-state index >= 15 is 0 Å². The molecule has 16 heavy (non-hydrogen) atoms. The van der Waals surface area contributed by atoms with Gasteiger partial charge < -0.3 is 10.6 Å². The molecule has 88 valence electrons. The van der Waals surface area contributed by atoms with Crippen molar-refractivity contribution in [1.82, 2.24) is 9.29 Å². The van der Waals surface area contributed by atoms with Gasteiger partial charge in [-0.25, -0.2) is 13.7 Å². The third-order valence-corrected chi connectivity index (χ3v) is 3.57. The van der Waals surface area contributed by atoms with Crippen molar-refractivity contribution in [3.8, 4) is 0 Å². The molecule has 0 radical (unpaired) electrons. The number of nitrogens with two attached hydrogens (primary N) is 1. The number of nitrogen functional groups attached to an aromatic ring is 1. The second-order valence-electron chi connectivity index (χ2n) is 3.66. The van der Waals surface area contributed by atoms with E-state index in [1.54, 1.807) is 18.0 Å². The Morgan fingerprint density at radius 2 is 2.06 bits per heavy atom. The van der Waals surface area contributed by atoms with E-state index in [-0.39, 0.29) is 5.69 Å². The van der Waals surface area contributed by atoms with Crippen LogP contribution in [0.5, 0.6) is 0 Å². The molecule has 4 nitrogen and oxygen atoms in total. The maximum atomic E-state index is 13.0. The summed E-state index contributed by atoms with van der Waals surface area (Å²) in [6.45, 7) is 3.78. The molecule has 6 heteroatoms. The highest BCUT2D eigenvalue weighted by molar-refractivity contribution is 7.96. The van der Waals surface area contributed by atoms with Crippen LogP contribution in [0.2, 0.25) is 0 Å². The molecule has 1 aliphatic heterocycles. The minimum Gasteiger partial charge on any atom is -0.396 e. The summed E-state index contributed by atoms with van der Waals surface area (Å²) in [6.07, 6.45) is 3.26. The van der Waals surface area contributed by atoms with Crippen molar-refractivity contribution in [3.63, 3.8) is 0 Å². The summed E-state index contributed by atoms with van der Waals surface area (Å²) in [6, 6.07) is 1.60. The van der Waals surface area contributed by atoms with Gasteiger partial charge >= 0.3 is 0 Å². The van der Waals surface area contributed by atoms with E-state index in [2.05, 4.69) is 20.4 Å². The molecule has 0 amide bonds. The van der Waals surface area contributed by atoms with Gasteiger partial charge in [-0.1, -0.05) is 11.9 Å². The van der Waals surface area contributed by atoms with E-state index < -0.39 is 5.82 Å². The van der Waals surface area contributed by atoms with Gasteiger partial charge in [0.1, 0.15) is 5.82 Å².